The van der Waals surface area contributed by atoms with Crippen molar-refractivity contribution in [2.45, 2.75) is 25.4 Å². The average molecular weight is 240 g/mol. The van der Waals surface area contributed by atoms with Crippen LogP contribution in [0, 0.1) is 5.82 Å². The van der Waals surface area contributed by atoms with Crippen molar-refractivity contribution in [3.05, 3.63) is 35.9 Å². The maximum atomic E-state index is 13.4. The predicted molar refractivity (Wildman–Crippen MR) is 61.7 cm³/mol. The van der Waals surface area contributed by atoms with E-state index in [9.17, 15) is 8.78 Å². The number of hydrazine groups is 1. The number of ether oxygens (including phenoxy) is 1. The van der Waals surface area contributed by atoms with Crippen molar-refractivity contribution >= 4 is 5.69 Å². The lowest BCUT2D eigenvalue weighted by Crippen LogP contribution is -2.10. The van der Waals surface area contributed by atoms with Gasteiger partial charge in [-0.1, -0.05) is 0 Å². The molecule has 17 heavy (non-hydrogen) atoms. The molecule has 0 aromatic heterocycles. The van der Waals surface area contributed by atoms with Gasteiger partial charge in [-0.3, -0.25) is 5.84 Å². The largest absolute Gasteiger partial charge is 0.462 e. The molecule has 1 aromatic rings. The number of anilines is 1. The second-order valence-corrected chi connectivity index (χ2v) is 3.93. The van der Waals surface area contributed by atoms with E-state index < -0.39 is 12.0 Å². The summed E-state index contributed by atoms with van der Waals surface area (Å²) in [5.74, 6) is 5.51. The number of rotatable bonds is 3. The lowest BCUT2D eigenvalue weighted by molar-refractivity contribution is 0.309. The van der Waals surface area contributed by atoms with Gasteiger partial charge in [-0.15, -0.1) is 0 Å². The highest BCUT2D eigenvalue weighted by atomic mass is 19.1. The zero-order valence-corrected chi connectivity index (χ0v) is 9.25. The highest BCUT2D eigenvalue weighted by Gasteiger charge is 2.14. The smallest absolute Gasteiger partial charge is 0.151 e. The molecular formula is C12H14F2N2O. The van der Waals surface area contributed by atoms with E-state index in [0.29, 0.717) is 24.4 Å². The van der Waals surface area contributed by atoms with Crippen LogP contribution in [0.2, 0.25) is 0 Å². The average Bonchev–Trinajstić information content (AvgIpc) is 2.29. The van der Waals surface area contributed by atoms with Gasteiger partial charge in [0.15, 0.2) is 5.82 Å². The Morgan fingerprint density at radius 3 is 2.88 bits per heavy atom. The summed E-state index contributed by atoms with van der Waals surface area (Å²) in [5, 5.41) is 0. The lowest BCUT2D eigenvalue weighted by atomic mass is 10.0. The van der Waals surface area contributed by atoms with Crippen LogP contribution < -0.4 is 16.0 Å². The maximum Gasteiger partial charge on any atom is 0.151 e. The van der Waals surface area contributed by atoms with Crippen LogP contribution in [0.5, 0.6) is 5.75 Å². The fraction of sp³-hybridized carbons (Fsp3) is 0.333. The number of halogens is 2. The molecular weight excluding hydrogens is 226 g/mol. The van der Waals surface area contributed by atoms with Crippen molar-refractivity contribution in [2.24, 2.45) is 5.84 Å². The fourth-order valence-electron chi connectivity index (χ4n) is 1.75. The molecule has 5 heteroatoms. The van der Waals surface area contributed by atoms with Crippen molar-refractivity contribution in [1.29, 1.82) is 0 Å². The third-order valence-corrected chi connectivity index (χ3v) is 2.61. The van der Waals surface area contributed by atoms with Crippen molar-refractivity contribution < 1.29 is 13.5 Å². The van der Waals surface area contributed by atoms with Gasteiger partial charge < -0.3 is 10.2 Å². The lowest BCUT2D eigenvalue weighted by Gasteiger charge is -2.16. The Hall–Kier alpha value is -1.62. The first-order chi connectivity index (χ1) is 8.19. The summed E-state index contributed by atoms with van der Waals surface area (Å²) in [7, 11) is 0. The molecule has 2 rings (SSSR count). The number of nitrogen functional groups attached to an aromatic ring is 1. The summed E-state index contributed by atoms with van der Waals surface area (Å²) in [5.41, 5.74) is 2.42. The summed E-state index contributed by atoms with van der Waals surface area (Å²) < 4.78 is 31.9. The number of hydrogen-bond donors (Lipinski definition) is 2. The van der Waals surface area contributed by atoms with Crippen molar-refractivity contribution in [3.8, 4) is 5.75 Å². The van der Waals surface area contributed by atoms with Gasteiger partial charge in [-0.05, 0) is 31.1 Å². The molecule has 0 heterocycles. The fourth-order valence-corrected chi connectivity index (χ4v) is 1.75. The van der Waals surface area contributed by atoms with E-state index in [0.717, 1.165) is 6.42 Å². The second-order valence-electron chi connectivity index (χ2n) is 3.93. The van der Waals surface area contributed by atoms with E-state index in [4.69, 9.17) is 10.6 Å². The summed E-state index contributed by atoms with van der Waals surface area (Å²) >= 11 is 0. The van der Waals surface area contributed by atoms with Crippen LogP contribution in [-0.2, 0) is 0 Å². The number of nitrogens with two attached hydrogens (primary N) is 1. The molecule has 3 nitrogen and oxygen atoms in total. The first-order valence-electron chi connectivity index (χ1n) is 5.48. The monoisotopic (exact) mass is 240 g/mol. The Morgan fingerprint density at radius 2 is 2.24 bits per heavy atom. The van der Waals surface area contributed by atoms with E-state index in [1.54, 1.807) is 6.07 Å². The van der Waals surface area contributed by atoms with Crippen LogP contribution in [0.4, 0.5) is 14.5 Å². The van der Waals surface area contributed by atoms with Crippen LogP contribution in [0.3, 0.4) is 0 Å². The number of hydrogen-bond acceptors (Lipinski definition) is 3. The summed E-state index contributed by atoms with van der Waals surface area (Å²) in [6.07, 6.45) is 2.43. The SMILES string of the molecule is NNc1ccc(OC2=CC(F)CCC2)cc1F. The van der Waals surface area contributed by atoms with Crippen LogP contribution in [0.1, 0.15) is 19.3 Å². The Bertz CT molecular complexity index is 435. The highest BCUT2D eigenvalue weighted by Crippen LogP contribution is 2.26. The Labute approximate surface area is 98.2 Å². The predicted octanol–water partition coefficient (Wildman–Crippen LogP) is 2.90. The molecule has 0 spiro atoms. The van der Waals surface area contributed by atoms with E-state index in [-0.39, 0.29) is 5.69 Å². The van der Waals surface area contributed by atoms with Gasteiger partial charge >= 0.3 is 0 Å². The third-order valence-electron chi connectivity index (χ3n) is 2.61. The first kappa shape index (κ1) is 11.9. The minimum atomic E-state index is -0.964. The topological polar surface area (TPSA) is 47.3 Å². The second kappa shape index (κ2) is 5.14. The Balaban J connectivity index is 2.11. The van der Waals surface area contributed by atoms with Crippen molar-refractivity contribution in [1.82, 2.24) is 0 Å². The Morgan fingerprint density at radius 1 is 1.41 bits per heavy atom. The van der Waals surface area contributed by atoms with Gasteiger partial charge in [0.1, 0.15) is 17.7 Å². The zero-order valence-electron chi connectivity index (χ0n) is 9.25. The molecule has 1 unspecified atom stereocenters. The van der Waals surface area contributed by atoms with E-state index in [1.165, 1.54) is 18.2 Å². The molecule has 92 valence electrons. The minimum Gasteiger partial charge on any atom is -0.462 e. The highest BCUT2D eigenvalue weighted by molar-refractivity contribution is 5.47. The molecule has 0 saturated carbocycles. The molecule has 0 fully saturated rings. The first-order valence-corrected chi connectivity index (χ1v) is 5.48. The van der Waals surface area contributed by atoms with Crippen LogP contribution >= 0.6 is 0 Å². The molecule has 1 atom stereocenters. The third kappa shape index (κ3) is 2.94. The van der Waals surface area contributed by atoms with E-state index in [2.05, 4.69) is 5.43 Å². The van der Waals surface area contributed by atoms with Gasteiger partial charge in [0.2, 0.25) is 0 Å². The molecule has 0 bridgehead atoms. The van der Waals surface area contributed by atoms with Gasteiger partial charge in [-0.25, -0.2) is 8.78 Å². The van der Waals surface area contributed by atoms with Gasteiger partial charge in [-0.2, -0.15) is 0 Å². The quantitative estimate of drug-likeness (QED) is 0.630. The number of alkyl halides is 1. The summed E-state index contributed by atoms with van der Waals surface area (Å²) in [4.78, 5) is 0. The van der Waals surface area contributed by atoms with Gasteiger partial charge in [0.25, 0.3) is 0 Å². The zero-order chi connectivity index (χ0) is 12.3. The van der Waals surface area contributed by atoms with Crippen LogP contribution in [-0.4, -0.2) is 6.17 Å². The summed E-state index contributed by atoms with van der Waals surface area (Å²) in [6, 6.07) is 4.28. The van der Waals surface area contributed by atoms with Crippen LogP contribution in [0.25, 0.3) is 0 Å². The molecule has 1 aromatic carbocycles. The Kier molecular flexibility index (Phi) is 3.58. The standard InChI is InChI=1S/C12H14F2N2O/c13-8-2-1-3-9(6-8)17-10-4-5-12(16-15)11(14)7-10/h4-8,16H,1-3,15H2. The normalized spacial score (nSPS) is 19.7. The number of nitrogens with one attached hydrogen (secondary N) is 1. The van der Waals surface area contributed by atoms with E-state index in [1.807, 2.05) is 0 Å². The molecule has 0 saturated heterocycles. The number of benzene rings is 1. The van der Waals surface area contributed by atoms with Crippen molar-refractivity contribution in [3.63, 3.8) is 0 Å². The van der Waals surface area contributed by atoms with Gasteiger partial charge in [0, 0.05) is 12.5 Å². The number of allylic oxidation sites excluding steroid dienone is 2. The molecule has 1 aliphatic rings. The molecule has 0 amide bonds. The molecule has 1 aliphatic carbocycles. The van der Waals surface area contributed by atoms with Gasteiger partial charge in [0.05, 0.1) is 5.69 Å². The minimum absolute atomic E-state index is 0.193. The summed E-state index contributed by atoms with van der Waals surface area (Å²) in [6.45, 7) is 0. The molecule has 0 radical (unpaired) electrons. The molecule has 3 N–H and O–H groups in total. The molecule has 0 aliphatic heterocycles. The van der Waals surface area contributed by atoms with E-state index >= 15 is 0 Å². The van der Waals surface area contributed by atoms with Crippen LogP contribution in [0.15, 0.2) is 30.0 Å². The van der Waals surface area contributed by atoms with Crippen molar-refractivity contribution in [2.75, 3.05) is 5.43 Å². The maximum absolute atomic E-state index is 13.4.